The lowest BCUT2D eigenvalue weighted by atomic mass is 10.00. The maximum atomic E-state index is 11.1. The number of carbonyl (C=O) groups is 1. The number of benzene rings is 1. The van der Waals surface area contributed by atoms with E-state index >= 15 is 0 Å². The number of hydrogen-bond donors (Lipinski definition) is 0. The summed E-state index contributed by atoms with van der Waals surface area (Å²) in [5, 5.41) is 3.86. The molecule has 0 saturated heterocycles. The molecule has 0 atom stereocenters. The van der Waals surface area contributed by atoms with Crippen molar-refractivity contribution in [1.82, 2.24) is 5.16 Å². The van der Waals surface area contributed by atoms with Crippen molar-refractivity contribution in [2.75, 3.05) is 6.61 Å². The summed E-state index contributed by atoms with van der Waals surface area (Å²) in [5.41, 5.74) is 3.99. The van der Waals surface area contributed by atoms with Crippen molar-refractivity contribution in [1.29, 1.82) is 0 Å². The Morgan fingerprint density at radius 3 is 2.63 bits per heavy atom. The van der Waals surface area contributed by atoms with Gasteiger partial charge in [0.25, 0.3) is 0 Å². The van der Waals surface area contributed by atoms with Crippen LogP contribution in [0, 0.1) is 20.8 Å². The molecule has 0 bridgehead atoms. The molecule has 0 amide bonds. The molecule has 4 nitrogen and oxygen atoms in total. The van der Waals surface area contributed by atoms with Gasteiger partial charge in [-0.1, -0.05) is 5.16 Å². The second-order valence-electron chi connectivity index (χ2n) is 4.49. The summed E-state index contributed by atoms with van der Waals surface area (Å²) in [6.45, 7) is 8.27. The van der Waals surface area contributed by atoms with Crippen LogP contribution in [-0.4, -0.2) is 18.0 Å². The van der Waals surface area contributed by atoms with Crippen molar-refractivity contribution >= 4 is 6.29 Å². The average molecular weight is 259 g/mol. The first kappa shape index (κ1) is 13.3. The van der Waals surface area contributed by atoms with E-state index in [1.165, 1.54) is 0 Å². The molecule has 0 unspecified atom stereocenters. The molecule has 0 spiro atoms. The molecule has 0 saturated carbocycles. The van der Waals surface area contributed by atoms with Crippen molar-refractivity contribution in [2.45, 2.75) is 27.7 Å². The standard InChI is InChI=1S/C15H17NO3/c1-5-18-14-7-9(2)12(6-10(14)3)15-13(8-17)11(4)16-19-15/h6-8H,5H2,1-4H3. The molecule has 0 aliphatic carbocycles. The van der Waals surface area contributed by atoms with Crippen LogP contribution >= 0.6 is 0 Å². The second kappa shape index (κ2) is 5.26. The van der Waals surface area contributed by atoms with Crippen LogP contribution in [0.1, 0.15) is 34.1 Å². The second-order valence-corrected chi connectivity index (χ2v) is 4.49. The van der Waals surface area contributed by atoms with Gasteiger partial charge in [-0.2, -0.15) is 0 Å². The van der Waals surface area contributed by atoms with Crippen LogP contribution < -0.4 is 4.74 Å². The van der Waals surface area contributed by atoms with E-state index < -0.39 is 0 Å². The first-order valence-electron chi connectivity index (χ1n) is 6.24. The molecule has 1 aromatic heterocycles. The van der Waals surface area contributed by atoms with Crippen LogP contribution in [0.3, 0.4) is 0 Å². The fraction of sp³-hybridized carbons (Fsp3) is 0.333. The van der Waals surface area contributed by atoms with Gasteiger partial charge in [0.05, 0.1) is 17.9 Å². The Morgan fingerprint density at radius 1 is 1.26 bits per heavy atom. The van der Waals surface area contributed by atoms with E-state index in [1.54, 1.807) is 6.92 Å². The van der Waals surface area contributed by atoms with Gasteiger partial charge in [-0.15, -0.1) is 0 Å². The van der Waals surface area contributed by atoms with Gasteiger partial charge in [-0.25, -0.2) is 0 Å². The molecule has 0 aliphatic rings. The van der Waals surface area contributed by atoms with Gasteiger partial charge in [0.1, 0.15) is 5.75 Å². The molecule has 0 radical (unpaired) electrons. The van der Waals surface area contributed by atoms with E-state index in [4.69, 9.17) is 9.26 Å². The first-order chi connectivity index (χ1) is 9.08. The lowest BCUT2D eigenvalue weighted by Crippen LogP contribution is -1.96. The van der Waals surface area contributed by atoms with E-state index in [9.17, 15) is 4.79 Å². The van der Waals surface area contributed by atoms with Crippen molar-refractivity contribution < 1.29 is 14.1 Å². The minimum Gasteiger partial charge on any atom is -0.494 e. The monoisotopic (exact) mass is 259 g/mol. The SMILES string of the molecule is CCOc1cc(C)c(-c2onc(C)c2C=O)cc1C. The van der Waals surface area contributed by atoms with Crippen LogP contribution in [0.4, 0.5) is 0 Å². The zero-order valence-corrected chi connectivity index (χ0v) is 11.6. The molecule has 0 fully saturated rings. The zero-order valence-electron chi connectivity index (χ0n) is 11.6. The van der Waals surface area contributed by atoms with Crippen LogP contribution in [0.5, 0.6) is 5.75 Å². The Balaban J connectivity index is 2.57. The van der Waals surface area contributed by atoms with E-state index in [0.29, 0.717) is 23.6 Å². The lowest BCUT2D eigenvalue weighted by Gasteiger charge is -2.11. The Labute approximate surface area is 112 Å². The van der Waals surface area contributed by atoms with Crippen molar-refractivity contribution in [3.8, 4) is 17.1 Å². The highest BCUT2D eigenvalue weighted by atomic mass is 16.5. The van der Waals surface area contributed by atoms with Crippen molar-refractivity contribution in [2.24, 2.45) is 0 Å². The van der Waals surface area contributed by atoms with Gasteiger partial charge >= 0.3 is 0 Å². The Bertz CT molecular complexity index is 614. The largest absolute Gasteiger partial charge is 0.494 e. The maximum Gasteiger partial charge on any atom is 0.177 e. The topological polar surface area (TPSA) is 52.3 Å². The Hall–Kier alpha value is -2.10. The first-order valence-corrected chi connectivity index (χ1v) is 6.24. The van der Waals surface area contributed by atoms with E-state index in [0.717, 1.165) is 28.7 Å². The number of aromatic nitrogens is 1. The highest BCUT2D eigenvalue weighted by Gasteiger charge is 2.17. The Morgan fingerprint density at radius 2 is 2.00 bits per heavy atom. The number of rotatable bonds is 4. The quantitative estimate of drug-likeness (QED) is 0.789. The number of nitrogens with zero attached hydrogens (tertiary/aromatic N) is 1. The zero-order chi connectivity index (χ0) is 14.0. The molecule has 2 rings (SSSR count). The van der Waals surface area contributed by atoms with E-state index in [2.05, 4.69) is 5.16 Å². The lowest BCUT2D eigenvalue weighted by molar-refractivity contribution is 0.112. The molecule has 2 aromatic rings. The number of aldehydes is 1. The summed E-state index contributed by atoms with van der Waals surface area (Å²) >= 11 is 0. The molecule has 1 aromatic carbocycles. The number of carbonyl (C=O) groups excluding carboxylic acids is 1. The molecule has 1 heterocycles. The smallest absolute Gasteiger partial charge is 0.177 e. The van der Waals surface area contributed by atoms with Crippen LogP contribution in [0.25, 0.3) is 11.3 Å². The van der Waals surface area contributed by atoms with Crippen molar-refractivity contribution in [3.63, 3.8) is 0 Å². The van der Waals surface area contributed by atoms with Gasteiger partial charge < -0.3 is 9.26 Å². The number of hydrogen-bond acceptors (Lipinski definition) is 4. The van der Waals surface area contributed by atoms with E-state index in [1.807, 2.05) is 32.9 Å². The van der Waals surface area contributed by atoms with Crippen molar-refractivity contribution in [3.05, 3.63) is 34.5 Å². The Kier molecular flexibility index (Phi) is 3.69. The molecular formula is C15H17NO3. The predicted molar refractivity (Wildman–Crippen MR) is 72.7 cm³/mol. The molecule has 0 N–H and O–H groups in total. The normalized spacial score (nSPS) is 10.5. The molecule has 19 heavy (non-hydrogen) atoms. The highest BCUT2D eigenvalue weighted by Crippen LogP contribution is 2.32. The number of ether oxygens (including phenoxy) is 1. The summed E-state index contributed by atoms with van der Waals surface area (Å²) in [7, 11) is 0. The molecule has 4 heteroatoms. The summed E-state index contributed by atoms with van der Waals surface area (Å²) in [5.74, 6) is 1.38. The molecule has 100 valence electrons. The highest BCUT2D eigenvalue weighted by molar-refractivity contribution is 5.87. The van der Waals surface area contributed by atoms with Crippen LogP contribution in [0.15, 0.2) is 16.7 Å². The third kappa shape index (κ3) is 2.38. The van der Waals surface area contributed by atoms with Gasteiger partial charge in [0, 0.05) is 5.56 Å². The van der Waals surface area contributed by atoms with Gasteiger partial charge in [-0.05, 0) is 51.0 Å². The predicted octanol–water partition coefficient (Wildman–Crippen LogP) is 3.48. The van der Waals surface area contributed by atoms with Gasteiger partial charge in [0.15, 0.2) is 12.0 Å². The summed E-state index contributed by atoms with van der Waals surface area (Å²) in [6, 6.07) is 3.92. The summed E-state index contributed by atoms with van der Waals surface area (Å²) < 4.78 is 10.8. The molecule has 0 aliphatic heterocycles. The third-order valence-corrected chi connectivity index (χ3v) is 3.09. The summed E-state index contributed by atoms with van der Waals surface area (Å²) in [4.78, 5) is 11.1. The average Bonchev–Trinajstić information content (AvgIpc) is 2.74. The minimum absolute atomic E-state index is 0.506. The van der Waals surface area contributed by atoms with E-state index in [-0.39, 0.29) is 0 Å². The summed E-state index contributed by atoms with van der Waals surface area (Å²) in [6.07, 6.45) is 0.784. The third-order valence-electron chi connectivity index (χ3n) is 3.09. The van der Waals surface area contributed by atoms with Crippen LogP contribution in [-0.2, 0) is 0 Å². The van der Waals surface area contributed by atoms with Crippen LogP contribution in [0.2, 0.25) is 0 Å². The van der Waals surface area contributed by atoms with Gasteiger partial charge in [0.2, 0.25) is 0 Å². The fourth-order valence-electron chi connectivity index (χ4n) is 2.06. The minimum atomic E-state index is 0.506. The fourth-order valence-corrected chi connectivity index (χ4v) is 2.06. The number of aryl methyl sites for hydroxylation is 3. The molecular weight excluding hydrogens is 242 g/mol. The maximum absolute atomic E-state index is 11.1. The van der Waals surface area contributed by atoms with Gasteiger partial charge in [-0.3, -0.25) is 4.79 Å².